The number of rotatable bonds is 3. The zero-order chi connectivity index (χ0) is 10.7. The number of hydrogen-bond acceptors (Lipinski definition) is 3. The first-order chi connectivity index (χ1) is 7.28. The Bertz CT molecular complexity index is 440. The second kappa shape index (κ2) is 5.58. The highest BCUT2D eigenvalue weighted by Gasteiger charge is 1.99. The van der Waals surface area contributed by atoms with E-state index < -0.39 is 5.95 Å². The monoisotopic (exact) mass is 242 g/mol. The fourth-order valence-corrected chi connectivity index (χ4v) is 1.29. The van der Waals surface area contributed by atoms with Crippen LogP contribution in [0.1, 0.15) is 11.1 Å². The molecule has 2 aromatic heterocycles. The van der Waals surface area contributed by atoms with Gasteiger partial charge in [0, 0.05) is 24.5 Å². The first-order valence-corrected chi connectivity index (χ1v) is 4.60. The molecule has 0 aliphatic heterocycles. The number of aromatic nitrogens is 3. The second-order valence-corrected chi connectivity index (χ2v) is 3.24. The van der Waals surface area contributed by atoms with Gasteiger partial charge in [-0.1, -0.05) is 6.07 Å². The van der Waals surface area contributed by atoms with E-state index in [4.69, 9.17) is 5.73 Å². The van der Waals surface area contributed by atoms with Gasteiger partial charge in [0.25, 0.3) is 0 Å². The molecule has 2 heterocycles. The third-order valence-corrected chi connectivity index (χ3v) is 2.06. The summed E-state index contributed by atoms with van der Waals surface area (Å²) in [6.07, 6.45) is 5.08. The minimum Gasteiger partial charge on any atom is -0.326 e. The number of hydrogen-bond donors (Lipinski definition) is 1. The SMILES string of the molecule is Cl.NCc1cnn(Cc2ccc(F)nc2)c1. The zero-order valence-corrected chi connectivity index (χ0v) is 9.32. The fraction of sp³-hybridized carbons (Fsp3) is 0.200. The molecule has 0 saturated heterocycles. The maximum Gasteiger partial charge on any atom is 0.212 e. The predicted molar refractivity (Wildman–Crippen MR) is 60.7 cm³/mol. The van der Waals surface area contributed by atoms with E-state index >= 15 is 0 Å². The second-order valence-electron chi connectivity index (χ2n) is 3.24. The standard InChI is InChI=1S/C10H11FN4.ClH/c11-10-2-1-8(4-13-10)6-15-7-9(3-12)5-14-15;/h1-2,4-5,7H,3,6,12H2;1H. The number of halogens is 2. The van der Waals surface area contributed by atoms with Crippen molar-refractivity contribution < 1.29 is 4.39 Å². The molecule has 86 valence electrons. The molecule has 0 saturated carbocycles. The van der Waals surface area contributed by atoms with Crippen molar-refractivity contribution in [3.8, 4) is 0 Å². The lowest BCUT2D eigenvalue weighted by molar-refractivity contribution is 0.579. The van der Waals surface area contributed by atoms with Gasteiger partial charge in [-0.05, 0) is 11.6 Å². The topological polar surface area (TPSA) is 56.7 Å². The maximum absolute atomic E-state index is 12.5. The minimum absolute atomic E-state index is 0. The Labute approximate surface area is 98.7 Å². The molecule has 0 amide bonds. The van der Waals surface area contributed by atoms with Crippen LogP contribution in [0.4, 0.5) is 4.39 Å². The van der Waals surface area contributed by atoms with Gasteiger partial charge in [0.2, 0.25) is 5.95 Å². The molecule has 0 fully saturated rings. The molecule has 0 atom stereocenters. The van der Waals surface area contributed by atoms with Gasteiger partial charge in [-0.2, -0.15) is 9.49 Å². The van der Waals surface area contributed by atoms with Crippen molar-refractivity contribution in [2.45, 2.75) is 13.1 Å². The number of nitrogens with zero attached hydrogens (tertiary/aromatic N) is 3. The lowest BCUT2D eigenvalue weighted by Gasteiger charge is -2.00. The van der Waals surface area contributed by atoms with Gasteiger partial charge in [0.1, 0.15) is 0 Å². The van der Waals surface area contributed by atoms with Crippen LogP contribution in [-0.4, -0.2) is 14.8 Å². The molecule has 2 rings (SSSR count). The average Bonchev–Trinajstić information content (AvgIpc) is 2.69. The molecular weight excluding hydrogens is 231 g/mol. The molecule has 4 nitrogen and oxygen atoms in total. The van der Waals surface area contributed by atoms with Gasteiger partial charge >= 0.3 is 0 Å². The van der Waals surface area contributed by atoms with Crippen LogP contribution in [0.3, 0.4) is 0 Å². The zero-order valence-electron chi connectivity index (χ0n) is 8.51. The Morgan fingerprint density at radius 2 is 2.06 bits per heavy atom. The van der Waals surface area contributed by atoms with E-state index in [2.05, 4.69) is 10.1 Å². The largest absolute Gasteiger partial charge is 0.326 e. The molecule has 0 aliphatic carbocycles. The summed E-state index contributed by atoms with van der Waals surface area (Å²) in [6.45, 7) is 1.05. The van der Waals surface area contributed by atoms with Crippen molar-refractivity contribution in [2.75, 3.05) is 0 Å². The van der Waals surface area contributed by atoms with Crippen molar-refractivity contribution in [2.24, 2.45) is 5.73 Å². The summed E-state index contributed by atoms with van der Waals surface area (Å²) < 4.78 is 14.3. The van der Waals surface area contributed by atoms with Gasteiger partial charge in [0.15, 0.2) is 0 Å². The van der Waals surface area contributed by atoms with Crippen molar-refractivity contribution in [1.82, 2.24) is 14.8 Å². The molecule has 0 bridgehead atoms. The van der Waals surface area contributed by atoms with E-state index in [0.29, 0.717) is 13.1 Å². The summed E-state index contributed by atoms with van der Waals surface area (Å²) in [5.74, 6) is -0.470. The molecule has 0 aromatic carbocycles. The van der Waals surface area contributed by atoms with Gasteiger partial charge < -0.3 is 5.73 Å². The van der Waals surface area contributed by atoms with Gasteiger partial charge in [0.05, 0.1) is 12.7 Å². The van der Waals surface area contributed by atoms with Crippen molar-refractivity contribution in [3.63, 3.8) is 0 Å². The number of pyridine rings is 1. The van der Waals surface area contributed by atoms with Crippen LogP contribution in [0, 0.1) is 5.95 Å². The first-order valence-electron chi connectivity index (χ1n) is 4.60. The van der Waals surface area contributed by atoms with Crippen LogP contribution in [0.15, 0.2) is 30.7 Å². The molecule has 0 spiro atoms. The Hall–Kier alpha value is -1.46. The molecule has 0 unspecified atom stereocenters. The molecule has 2 aromatic rings. The summed E-state index contributed by atoms with van der Waals surface area (Å²) in [4.78, 5) is 3.57. The minimum atomic E-state index is -0.470. The number of nitrogens with two attached hydrogens (primary N) is 1. The summed E-state index contributed by atoms with van der Waals surface area (Å²) in [6, 6.07) is 3.02. The first kappa shape index (κ1) is 12.6. The van der Waals surface area contributed by atoms with Gasteiger partial charge in [-0.3, -0.25) is 4.68 Å². The fourth-order valence-electron chi connectivity index (χ4n) is 1.29. The quantitative estimate of drug-likeness (QED) is 0.827. The van der Waals surface area contributed by atoms with E-state index in [1.54, 1.807) is 16.9 Å². The molecule has 0 aliphatic rings. The van der Waals surface area contributed by atoms with Crippen molar-refractivity contribution in [3.05, 3.63) is 47.8 Å². The van der Waals surface area contributed by atoms with E-state index in [-0.39, 0.29) is 12.4 Å². The third-order valence-electron chi connectivity index (χ3n) is 2.06. The smallest absolute Gasteiger partial charge is 0.212 e. The lowest BCUT2D eigenvalue weighted by atomic mass is 10.3. The van der Waals surface area contributed by atoms with Crippen LogP contribution in [-0.2, 0) is 13.1 Å². The average molecular weight is 243 g/mol. The Morgan fingerprint density at radius 1 is 1.25 bits per heavy atom. The van der Waals surface area contributed by atoms with Crippen LogP contribution >= 0.6 is 12.4 Å². The van der Waals surface area contributed by atoms with E-state index in [1.807, 2.05) is 6.20 Å². The summed E-state index contributed by atoms with van der Waals surface area (Å²) in [5, 5.41) is 4.12. The van der Waals surface area contributed by atoms with E-state index in [9.17, 15) is 4.39 Å². The summed E-state index contributed by atoms with van der Waals surface area (Å²) in [5.41, 5.74) is 7.34. The lowest BCUT2D eigenvalue weighted by Crippen LogP contribution is -2.01. The highest BCUT2D eigenvalue weighted by molar-refractivity contribution is 5.85. The normalized spacial score (nSPS) is 9.88. The highest BCUT2D eigenvalue weighted by atomic mass is 35.5. The Kier molecular flexibility index (Phi) is 4.39. The van der Waals surface area contributed by atoms with E-state index in [0.717, 1.165) is 11.1 Å². The molecule has 16 heavy (non-hydrogen) atoms. The summed E-state index contributed by atoms with van der Waals surface area (Å²) in [7, 11) is 0. The third kappa shape index (κ3) is 3.01. The molecule has 0 radical (unpaired) electrons. The van der Waals surface area contributed by atoms with Gasteiger partial charge in [-0.15, -0.1) is 12.4 Å². The van der Waals surface area contributed by atoms with Crippen LogP contribution in [0.5, 0.6) is 0 Å². The maximum atomic E-state index is 12.5. The van der Waals surface area contributed by atoms with Crippen molar-refractivity contribution >= 4 is 12.4 Å². The van der Waals surface area contributed by atoms with Crippen molar-refractivity contribution in [1.29, 1.82) is 0 Å². The van der Waals surface area contributed by atoms with Crippen LogP contribution < -0.4 is 5.73 Å². The highest BCUT2D eigenvalue weighted by Crippen LogP contribution is 2.03. The molecule has 6 heteroatoms. The Morgan fingerprint density at radius 3 is 2.62 bits per heavy atom. The summed E-state index contributed by atoms with van der Waals surface area (Å²) >= 11 is 0. The van der Waals surface area contributed by atoms with Crippen LogP contribution in [0.2, 0.25) is 0 Å². The predicted octanol–water partition coefficient (Wildman–Crippen LogP) is 1.35. The molecular formula is C10H12ClFN4. The van der Waals surface area contributed by atoms with Gasteiger partial charge in [-0.25, -0.2) is 4.98 Å². The van der Waals surface area contributed by atoms with Crippen LogP contribution in [0.25, 0.3) is 0 Å². The Balaban J connectivity index is 0.00000128. The van der Waals surface area contributed by atoms with E-state index in [1.165, 1.54) is 12.3 Å². The molecule has 2 N–H and O–H groups in total.